The number of amides is 1. The Hall–Kier alpha value is -2.12. The van der Waals surface area contributed by atoms with Gasteiger partial charge in [-0.05, 0) is 18.6 Å². The lowest BCUT2D eigenvalue weighted by molar-refractivity contribution is 0.156. The van der Waals surface area contributed by atoms with Crippen LogP contribution in [0.25, 0.3) is 0 Å². The molecule has 1 aliphatic rings. The van der Waals surface area contributed by atoms with Crippen molar-refractivity contribution in [2.45, 2.75) is 13.0 Å². The summed E-state index contributed by atoms with van der Waals surface area (Å²) in [5, 5.41) is 2.12. The summed E-state index contributed by atoms with van der Waals surface area (Å²) < 4.78 is 24.3. The van der Waals surface area contributed by atoms with Gasteiger partial charge in [0.2, 0.25) is 5.88 Å². The predicted octanol–water partition coefficient (Wildman–Crippen LogP) is 4.28. The topological polar surface area (TPSA) is 51.7 Å². The Bertz CT molecular complexity index is 766. The second-order valence-electron chi connectivity index (χ2n) is 5.05. The number of thiazole rings is 1. The maximum Gasteiger partial charge on any atom is 0.417 e. The van der Waals surface area contributed by atoms with E-state index >= 15 is 0 Å². The van der Waals surface area contributed by atoms with E-state index in [2.05, 4.69) is 4.98 Å². The number of halogens is 2. The van der Waals surface area contributed by atoms with Crippen LogP contribution in [-0.4, -0.2) is 29.1 Å². The van der Waals surface area contributed by atoms with Gasteiger partial charge in [-0.2, -0.15) is 4.98 Å². The van der Waals surface area contributed by atoms with Crippen LogP contribution in [0.2, 0.25) is 5.02 Å². The summed E-state index contributed by atoms with van der Waals surface area (Å²) in [5.74, 6) is -0.168. The molecule has 0 fully saturated rings. The van der Waals surface area contributed by atoms with Crippen LogP contribution in [0, 0.1) is 5.82 Å². The van der Waals surface area contributed by atoms with Crippen LogP contribution >= 0.6 is 22.9 Å². The Morgan fingerprint density at radius 3 is 3.04 bits per heavy atom. The summed E-state index contributed by atoms with van der Waals surface area (Å²) in [6.45, 7) is 1.17. The highest BCUT2D eigenvalue weighted by Gasteiger charge is 2.18. The summed E-state index contributed by atoms with van der Waals surface area (Å²) >= 11 is 6.85. The van der Waals surface area contributed by atoms with Gasteiger partial charge in [0.25, 0.3) is 5.19 Å². The van der Waals surface area contributed by atoms with Crippen LogP contribution in [0.3, 0.4) is 0 Å². The Kier molecular flexibility index (Phi) is 5.32. The normalized spacial score (nSPS) is 13.8. The molecule has 0 spiro atoms. The molecule has 0 unspecified atom stereocenters. The molecule has 0 N–H and O–H groups in total. The van der Waals surface area contributed by atoms with Gasteiger partial charge in [0.15, 0.2) is 0 Å². The van der Waals surface area contributed by atoms with E-state index in [9.17, 15) is 9.18 Å². The number of ether oxygens (including phenoxy) is 2. The largest absolute Gasteiger partial charge is 0.472 e. The molecule has 0 aliphatic carbocycles. The zero-order valence-electron chi connectivity index (χ0n) is 12.6. The van der Waals surface area contributed by atoms with Crippen LogP contribution in [0.4, 0.5) is 9.18 Å². The minimum atomic E-state index is -0.442. The predicted molar refractivity (Wildman–Crippen MR) is 89.2 cm³/mol. The van der Waals surface area contributed by atoms with Crippen molar-refractivity contribution in [3.8, 4) is 11.1 Å². The fraction of sp³-hybridized carbons (Fsp3) is 0.250. The summed E-state index contributed by atoms with van der Waals surface area (Å²) in [7, 11) is 0. The Morgan fingerprint density at radius 1 is 1.42 bits per heavy atom. The third-order valence-electron chi connectivity index (χ3n) is 3.34. The Morgan fingerprint density at radius 2 is 2.29 bits per heavy atom. The van der Waals surface area contributed by atoms with Crippen molar-refractivity contribution in [1.82, 2.24) is 9.88 Å². The van der Waals surface area contributed by atoms with E-state index in [0.717, 1.165) is 17.8 Å². The molecule has 126 valence electrons. The van der Waals surface area contributed by atoms with Crippen LogP contribution in [-0.2, 0) is 6.61 Å². The molecule has 24 heavy (non-hydrogen) atoms. The summed E-state index contributed by atoms with van der Waals surface area (Å²) in [6, 6.07) is 4.36. The molecule has 0 atom stereocenters. The molecule has 2 aromatic rings. The minimum absolute atomic E-state index is 0.0110. The molecule has 8 heteroatoms. The monoisotopic (exact) mass is 368 g/mol. The maximum atomic E-state index is 13.7. The standard InChI is InChI=1S/C16H14ClFN2O3S/c17-12-5-4-11(13(18)8-12)9-22-14-10-24-15(19-14)23-16(21)20-6-2-1-3-7-20/h1-2,4-5,8,10H,3,6-7,9H2. The molecule has 0 radical (unpaired) electrons. The fourth-order valence-corrected chi connectivity index (χ4v) is 2.84. The SMILES string of the molecule is O=C(Oc1nc(OCc2ccc(Cl)cc2F)cs1)N1CC=CCC1. The second kappa shape index (κ2) is 7.63. The van der Waals surface area contributed by atoms with Crippen molar-refractivity contribution in [1.29, 1.82) is 0 Å². The number of hydrogen-bond donors (Lipinski definition) is 0. The minimum Gasteiger partial charge on any atom is -0.472 e. The molecule has 0 bridgehead atoms. The molecule has 0 saturated carbocycles. The third kappa shape index (κ3) is 4.24. The molecule has 1 amide bonds. The average Bonchev–Trinajstić information content (AvgIpc) is 3.02. The van der Waals surface area contributed by atoms with Crippen molar-refractivity contribution in [2.75, 3.05) is 13.1 Å². The van der Waals surface area contributed by atoms with Gasteiger partial charge in [0.1, 0.15) is 12.4 Å². The van der Waals surface area contributed by atoms with Gasteiger partial charge in [-0.25, -0.2) is 9.18 Å². The fourth-order valence-electron chi connectivity index (χ4n) is 2.09. The van der Waals surface area contributed by atoms with E-state index in [1.54, 1.807) is 22.4 Å². The number of benzene rings is 1. The molecule has 1 aromatic heterocycles. The van der Waals surface area contributed by atoms with Crippen LogP contribution in [0.5, 0.6) is 11.1 Å². The first-order valence-corrected chi connectivity index (χ1v) is 8.51. The van der Waals surface area contributed by atoms with E-state index in [-0.39, 0.29) is 17.7 Å². The number of carbonyl (C=O) groups excluding carboxylic acids is 1. The van der Waals surface area contributed by atoms with Gasteiger partial charge in [-0.3, -0.25) is 0 Å². The lowest BCUT2D eigenvalue weighted by Gasteiger charge is -2.21. The highest BCUT2D eigenvalue weighted by molar-refractivity contribution is 7.11. The molecular formula is C16H14ClFN2O3S. The first kappa shape index (κ1) is 16.7. The van der Waals surface area contributed by atoms with Crippen LogP contribution < -0.4 is 9.47 Å². The molecule has 1 aromatic carbocycles. The van der Waals surface area contributed by atoms with E-state index in [4.69, 9.17) is 21.1 Å². The molecule has 1 aliphatic heterocycles. The van der Waals surface area contributed by atoms with Gasteiger partial charge in [-0.15, -0.1) is 0 Å². The Balaban J connectivity index is 1.55. The average molecular weight is 369 g/mol. The van der Waals surface area contributed by atoms with Crippen molar-refractivity contribution < 1.29 is 18.7 Å². The number of aromatic nitrogens is 1. The highest BCUT2D eigenvalue weighted by atomic mass is 35.5. The Labute approximate surface area is 147 Å². The second-order valence-corrected chi connectivity index (χ2v) is 6.31. The van der Waals surface area contributed by atoms with E-state index in [1.165, 1.54) is 6.07 Å². The molecule has 0 saturated heterocycles. The van der Waals surface area contributed by atoms with Gasteiger partial charge in [0.05, 0.1) is 5.38 Å². The quantitative estimate of drug-likeness (QED) is 0.756. The molecular weight excluding hydrogens is 355 g/mol. The van der Waals surface area contributed by atoms with Gasteiger partial charge in [-0.1, -0.05) is 41.2 Å². The number of nitrogens with zero attached hydrogens (tertiary/aromatic N) is 2. The molecule has 5 nitrogen and oxygen atoms in total. The van der Waals surface area contributed by atoms with Gasteiger partial charge < -0.3 is 14.4 Å². The van der Waals surface area contributed by atoms with Crippen LogP contribution in [0.1, 0.15) is 12.0 Å². The van der Waals surface area contributed by atoms with Crippen molar-refractivity contribution >= 4 is 29.0 Å². The molecule has 2 heterocycles. The van der Waals surface area contributed by atoms with E-state index < -0.39 is 11.9 Å². The van der Waals surface area contributed by atoms with Gasteiger partial charge in [0, 0.05) is 23.7 Å². The summed E-state index contributed by atoms with van der Waals surface area (Å²) in [4.78, 5) is 17.6. The lowest BCUT2D eigenvalue weighted by atomic mass is 10.2. The zero-order chi connectivity index (χ0) is 16.9. The highest BCUT2D eigenvalue weighted by Crippen LogP contribution is 2.25. The number of rotatable bonds is 4. The maximum absolute atomic E-state index is 13.7. The van der Waals surface area contributed by atoms with Crippen LogP contribution in [0.15, 0.2) is 35.7 Å². The van der Waals surface area contributed by atoms with E-state index in [0.29, 0.717) is 23.7 Å². The van der Waals surface area contributed by atoms with E-state index in [1.807, 2.05) is 12.2 Å². The van der Waals surface area contributed by atoms with Crippen molar-refractivity contribution in [3.05, 3.63) is 52.1 Å². The smallest absolute Gasteiger partial charge is 0.417 e. The third-order valence-corrected chi connectivity index (χ3v) is 4.27. The van der Waals surface area contributed by atoms with Crippen molar-refractivity contribution in [3.63, 3.8) is 0 Å². The number of hydrogen-bond acceptors (Lipinski definition) is 5. The summed E-state index contributed by atoms with van der Waals surface area (Å²) in [5.41, 5.74) is 0.367. The zero-order valence-corrected chi connectivity index (χ0v) is 14.1. The number of carbonyl (C=O) groups is 1. The first-order chi connectivity index (χ1) is 11.6. The summed E-state index contributed by atoms with van der Waals surface area (Å²) in [6.07, 6.45) is 4.31. The lowest BCUT2D eigenvalue weighted by Crippen LogP contribution is -2.35. The van der Waals surface area contributed by atoms with Crippen molar-refractivity contribution in [2.24, 2.45) is 0 Å². The molecule has 3 rings (SSSR count). The van der Waals surface area contributed by atoms with Gasteiger partial charge >= 0.3 is 6.09 Å². The first-order valence-electron chi connectivity index (χ1n) is 7.26.